The maximum atomic E-state index is 2.56. The summed E-state index contributed by atoms with van der Waals surface area (Å²) >= 11 is 0. The van der Waals surface area contributed by atoms with E-state index in [9.17, 15) is 0 Å². The van der Waals surface area contributed by atoms with E-state index in [1.165, 1.54) is 208 Å². The summed E-state index contributed by atoms with van der Waals surface area (Å²) in [5, 5.41) is 20.1. The van der Waals surface area contributed by atoms with Gasteiger partial charge in [0.05, 0.1) is 22.1 Å². The maximum Gasteiger partial charge on any atom is 0.0541 e. The molecule has 0 saturated carbocycles. The van der Waals surface area contributed by atoms with E-state index in [2.05, 4.69) is 384 Å². The Bertz CT molecular complexity index is 7230. The van der Waals surface area contributed by atoms with Gasteiger partial charge in [-0.15, -0.1) is 0 Å². The molecular formula is C105H74N2. The summed E-state index contributed by atoms with van der Waals surface area (Å²) in [6.45, 7) is 14.4. The van der Waals surface area contributed by atoms with Crippen LogP contribution in [0.2, 0.25) is 0 Å². The van der Waals surface area contributed by atoms with Crippen molar-refractivity contribution in [3.8, 4) is 89.3 Å². The second-order valence-electron chi connectivity index (χ2n) is 31.7. The molecule has 2 nitrogen and oxygen atoms in total. The van der Waals surface area contributed by atoms with Gasteiger partial charge in [0.15, 0.2) is 0 Å². The number of para-hydroxylation sites is 3. The molecule has 0 amide bonds. The SMILES string of the molecule is CC(C)c1cc(-c2ccc3cc(-c4ccc5ccccc5c4)ccc3c2)cc(-c2cc3c(c4ccccc24)-c2c(ccc4c(-c5ccc6c(c5)c5ccccc5n6-c5cc(-c6cc7c(c8ccccc68)-c6c(ccc8ccccc68)C7(C)C)cc(-n6c7ccccc7c7ccccc76)c5)cccc24)C3(C)C)c1. The van der Waals surface area contributed by atoms with Crippen LogP contribution in [0.5, 0.6) is 0 Å². The minimum atomic E-state index is -0.277. The van der Waals surface area contributed by atoms with Gasteiger partial charge in [-0.25, -0.2) is 0 Å². The second kappa shape index (κ2) is 22.8. The van der Waals surface area contributed by atoms with Crippen LogP contribution in [0.4, 0.5) is 0 Å². The van der Waals surface area contributed by atoms with E-state index in [1.807, 2.05) is 0 Å². The molecule has 2 aliphatic carbocycles. The van der Waals surface area contributed by atoms with Crippen LogP contribution < -0.4 is 0 Å². The normalized spacial score (nSPS) is 13.6. The van der Waals surface area contributed by atoms with Crippen LogP contribution in [-0.2, 0) is 10.8 Å². The Hall–Kier alpha value is -12.9. The zero-order valence-corrected chi connectivity index (χ0v) is 60.7. The van der Waals surface area contributed by atoms with Crippen LogP contribution in [0.15, 0.2) is 334 Å². The van der Waals surface area contributed by atoms with E-state index < -0.39 is 0 Å². The number of nitrogens with zero attached hydrogens (tertiary/aromatic N) is 2. The average Bonchev–Trinajstić information content (AvgIpc) is 1.55. The summed E-state index contributed by atoms with van der Waals surface area (Å²) in [7, 11) is 0. The molecule has 2 aromatic heterocycles. The van der Waals surface area contributed by atoms with Gasteiger partial charge in [0.2, 0.25) is 0 Å². The highest BCUT2D eigenvalue weighted by Crippen LogP contribution is 2.58. The molecule has 0 aliphatic heterocycles. The van der Waals surface area contributed by atoms with Crippen molar-refractivity contribution in [1.82, 2.24) is 9.13 Å². The number of hydrogen-bond acceptors (Lipinski definition) is 0. The van der Waals surface area contributed by atoms with E-state index in [4.69, 9.17) is 0 Å². The number of benzene rings is 18. The number of aromatic nitrogens is 2. The third kappa shape index (κ3) is 9.06. The van der Waals surface area contributed by atoms with Crippen LogP contribution in [0.3, 0.4) is 0 Å². The van der Waals surface area contributed by atoms with Gasteiger partial charge in [-0.2, -0.15) is 0 Å². The first-order valence-corrected chi connectivity index (χ1v) is 38.0. The van der Waals surface area contributed by atoms with Crippen molar-refractivity contribution in [3.05, 3.63) is 361 Å². The molecule has 2 heterocycles. The van der Waals surface area contributed by atoms with Gasteiger partial charge in [0, 0.05) is 43.7 Å². The fraction of sp³-hybridized carbons (Fsp3) is 0.0857. The zero-order valence-electron chi connectivity index (χ0n) is 60.7. The monoisotopic (exact) mass is 1360 g/mol. The van der Waals surface area contributed by atoms with Gasteiger partial charge < -0.3 is 9.13 Å². The average molecular weight is 1360 g/mol. The van der Waals surface area contributed by atoms with Crippen LogP contribution in [-0.4, -0.2) is 9.13 Å². The lowest BCUT2D eigenvalue weighted by Gasteiger charge is -2.23. The maximum absolute atomic E-state index is 2.56. The molecule has 2 aliphatic rings. The van der Waals surface area contributed by atoms with Gasteiger partial charge >= 0.3 is 0 Å². The molecule has 22 rings (SSSR count). The van der Waals surface area contributed by atoms with E-state index in [0.717, 1.165) is 16.9 Å². The van der Waals surface area contributed by atoms with Crippen LogP contribution in [0, 0.1) is 0 Å². The molecule has 0 bridgehead atoms. The minimum Gasteiger partial charge on any atom is -0.309 e. The predicted octanol–water partition coefficient (Wildman–Crippen LogP) is 28.9. The molecule has 20 aromatic rings. The predicted molar refractivity (Wildman–Crippen MR) is 457 cm³/mol. The highest BCUT2D eigenvalue weighted by Gasteiger charge is 2.40. The molecule has 0 atom stereocenters. The lowest BCUT2D eigenvalue weighted by molar-refractivity contribution is 0.661. The first-order chi connectivity index (χ1) is 52.4. The van der Waals surface area contributed by atoms with Gasteiger partial charge in [0.25, 0.3) is 0 Å². The smallest absolute Gasteiger partial charge is 0.0541 e. The minimum absolute atomic E-state index is 0.241. The Kier molecular flexibility index (Phi) is 13.1. The first-order valence-electron chi connectivity index (χ1n) is 38.0. The fourth-order valence-electron chi connectivity index (χ4n) is 19.4. The molecule has 0 fully saturated rings. The standard InChI is InChI=1S/C105H74N2/c1-62(2)72-53-73(70-43-42-68-51-67(40-41-69(68)52-70)66-39-38-63-22-7-8-24-65(63)50-66)55-74(54-72)89-60-95-103(87-32-14-11-26-80(87)89)101-88-34-21-33-78(82(88)46-48-93(101)105(95,5)6)71-45-49-99-91(58-71)85-30-17-20-37-98(85)107(99)77-57-75(56-76(59-77)106-96-35-18-15-28-83(96)84-29-16-19-36-97(84)106)90-61-94-102(86-31-13-12-27-81(86)90)100-79-25-10-9-23-64(79)44-47-92(100)104(94,3)4/h7-62H,1-6H3. The molecule has 2 heteroatoms. The molecule has 18 aromatic carbocycles. The van der Waals surface area contributed by atoms with Crippen molar-refractivity contribution >= 4 is 108 Å². The van der Waals surface area contributed by atoms with E-state index in [1.54, 1.807) is 0 Å². The summed E-state index contributed by atoms with van der Waals surface area (Å²) in [5.74, 6) is 0.334. The van der Waals surface area contributed by atoms with Crippen LogP contribution >= 0.6 is 0 Å². The van der Waals surface area contributed by atoms with Crippen molar-refractivity contribution < 1.29 is 0 Å². The molecule has 0 radical (unpaired) electrons. The molecule has 0 N–H and O–H groups in total. The fourth-order valence-corrected chi connectivity index (χ4v) is 19.4. The molecule has 107 heavy (non-hydrogen) atoms. The van der Waals surface area contributed by atoms with Crippen molar-refractivity contribution in [1.29, 1.82) is 0 Å². The van der Waals surface area contributed by atoms with E-state index in [0.29, 0.717) is 5.92 Å². The van der Waals surface area contributed by atoms with Gasteiger partial charge in [-0.05, 0) is 261 Å². The van der Waals surface area contributed by atoms with Crippen molar-refractivity contribution in [2.24, 2.45) is 0 Å². The molecule has 0 spiro atoms. The molecule has 0 saturated heterocycles. The largest absolute Gasteiger partial charge is 0.309 e. The summed E-state index contributed by atoms with van der Waals surface area (Å²) in [6.07, 6.45) is 0. The zero-order chi connectivity index (χ0) is 71.3. The summed E-state index contributed by atoms with van der Waals surface area (Å²) < 4.78 is 5.04. The van der Waals surface area contributed by atoms with Crippen molar-refractivity contribution in [3.63, 3.8) is 0 Å². The quantitative estimate of drug-likeness (QED) is 0.143. The van der Waals surface area contributed by atoms with E-state index >= 15 is 0 Å². The van der Waals surface area contributed by atoms with E-state index in [-0.39, 0.29) is 10.8 Å². The Morgan fingerprint density at radius 1 is 0.215 bits per heavy atom. The van der Waals surface area contributed by atoms with Gasteiger partial charge in [-0.1, -0.05) is 290 Å². The lowest BCUT2D eigenvalue weighted by Crippen LogP contribution is -2.15. The Morgan fingerprint density at radius 2 is 0.598 bits per heavy atom. The second-order valence-corrected chi connectivity index (χ2v) is 31.7. The van der Waals surface area contributed by atoms with Crippen LogP contribution in [0.1, 0.15) is 75.3 Å². The summed E-state index contributed by atoms with van der Waals surface area (Å²) in [4.78, 5) is 0. The highest BCUT2D eigenvalue weighted by atomic mass is 15.0. The highest BCUT2D eigenvalue weighted by molar-refractivity contribution is 6.19. The summed E-state index contributed by atoms with van der Waals surface area (Å²) in [6, 6.07) is 127. The first kappa shape index (κ1) is 61.6. The Balaban J connectivity index is 0.686. The third-order valence-electron chi connectivity index (χ3n) is 24.8. The number of rotatable bonds is 8. The summed E-state index contributed by atoms with van der Waals surface area (Å²) in [5.41, 5.74) is 30.9. The van der Waals surface area contributed by atoms with Crippen LogP contribution in [0.25, 0.3) is 198 Å². The van der Waals surface area contributed by atoms with Crippen molar-refractivity contribution in [2.45, 2.75) is 58.3 Å². The Labute approximate surface area is 622 Å². The molecular weight excluding hydrogens is 1290 g/mol. The van der Waals surface area contributed by atoms with Gasteiger partial charge in [0.1, 0.15) is 0 Å². The van der Waals surface area contributed by atoms with Gasteiger partial charge in [-0.3, -0.25) is 0 Å². The number of hydrogen-bond donors (Lipinski definition) is 0. The number of fused-ring (bicyclic) bond motifs is 22. The molecule has 504 valence electrons. The third-order valence-corrected chi connectivity index (χ3v) is 24.8. The molecule has 0 unspecified atom stereocenters. The van der Waals surface area contributed by atoms with Crippen molar-refractivity contribution in [2.75, 3.05) is 0 Å². The Morgan fingerprint density at radius 3 is 1.17 bits per heavy atom. The lowest BCUT2D eigenvalue weighted by atomic mass is 9.80. The topological polar surface area (TPSA) is 9.86 Å².